The predicted molar refractivity (Wildman–Crippen MR) is 88.4 cm³/mol. The van der Waals surface area contributed by atoms with E-state index in [1.807, 2.05) is 6.07 Å². The van der Waals surface area contributed by atoms with Gasteiger partial charge in [0.1, 0.15) is 5.82 Å². The molecule has 0 heterocycles. The lowest BCUT2D eigenvalue weighted by molar-refractivity contribution is 0.165. The van der Waals surface area contributed by atoms with Crippen molar-refractivity contribution >= 4 is 11.6 Å². The van der Waals surface area contributed by atoms with E-state index in [-0.39, 0.29) is 16.8 Å². The van der Waals surface area contributed by atoms with Gasteiger partial charge in [0.15, 0.2) is 0 Å². The predicted octanol–water partition coefficient (Wildman–Crippen LogP) is 5.36. The van der Waals surface area contributed by atoms with Gasteiger partial charge in [-0.15, -0.1) is 0 Å². The lowest BCUT2D eigenvalue weighted by Crippen LogP contribution is -2.45. The van der Waals surface area contributed by atoms with Gasteiger partial charge in [0, 0.05) is 12.1 Å². The van der Waals surface area contributed by atoms with Gasteiger partial charge in [-0.3, -0.25) is 0 Å². The van der Waals surface area contributed by atoms with Crippen molar-refractivity contribution in [1.82, 2.24) is 5.32 Å². The summed E-state index contributed by atoms with van der Waals surface area (Å²) in [5.74, 6) is -0.302. The second-order valence-electron chi connectivity index (χ2n) is 7.55. The van der Waals surface area contributed by atoms with Crippen LogP contribution < -0.4 is 5.32 Å². The topological polar surface area (TPSA) is 12.0 Å². The Balaban J connectivity index is 2.17. The minimum Gasteiger partial charge on any atom is -0.312 e. The van der Waals surface area contributed by atoms with Crippen LogP contribution in [0.3, 0.4) is 0 Å². The Morgan fingerprint density at radius 1 is 1.19 bits per heavy atom. The van der Waals surface area contributed by atoms with E-state index in [0.717, 1.165) is 18.5 Å². The number of halogens is 2. The van der Waals surface area contributed by atoms with Crippen molar-refractivity contribution in [3.8, 4) is 0 Å². The maximum atomic E-state index is 13.7. The zero-order chi connectivity index (χ0) is 15.5. The maximum absolute atomic E-state index is 13.7. The molecular formula is C18H27ClFN. The summed E-state index contributed by atoms with van der Waals surface area (Å²) < 4.78 is 13.7. The van der Waals surface area contributed by atoms with Gasteiger partial charge in [-0.05, 0) is 57.1 Å². The van der Waals surface area contributed by atoms with Gasteiger partial charge < -0.3 is 5.32 Å². The van der Waals surface area contributed by atoms with E-state index in [1.165, 1.54) is 38.2 Å². The Hall–Kier alpha value is -0.600. The molecule has 3 heteroatoms. The van der Waals surface area contributed by atoms with Gasteiger partial charge in [-0.1, -0.05) is 43.0 Å². The molecule has 2 rings (SSSR count). The van der Waals surface area contributed by atoms with Crippen LogP contribution in [0.2, 0.25) is 5.02 Å². The van der Waals surface area contributed by atoms with Crippen LogP contribution in [0.1, 0.15) is 58.4 Å². The van der Waals surface area contributed by atoms with Crippen molar-refractivity contribution in [2.45, 2.75) is 64.8 Å². The Kier molecular flexibility index (Phi) is 5.32. The van der Waals surface area contributed by atoms with Crippen molar-refractivity contribution in [3.05, 3.63) is 34.6 Å². The molecule has 1 aliphatic carbocycles. The number of rotatable bonds is 4. The first-order valence-corrected chi connectivity index (χ1v) is 8.37. The molecule has 1 aliphatic rings. The van der Waals surface area contributed by atoms with Crippen LogP contribution in [0.15, 0.2) is 18.2 Å². The standard InChI is InChI=1S/C18H27ClFN/c1-17(2,3)21-13-18(10-5-4-6-11-18)12-14-8-7-9-15(20)16(14)19/h7-9,21H,4-6,10-13H2,1-3H3. The normalized spacial score (nSPS) is 18.7. The number of hydrogen-bond donors (Lipinski definition) is 1. The molecule has 1 nitrogen and oxygen atoms in total. The summed E-state index contributed by atoms with van der Waals surface area (Å²) >= 11 is 6.17. The van der Waals surface area contributed by atoms with Crippen molar-refractivity contribution < 1.29 is 4.39 Å². The van der Waals surface area contributed by atoms with E-state index in [0.29, 0.717) is 5.02 Å². The lowest BCUT2D eigenvalue weighted by atomic mass is 9.70. The van der Waals surface area contributed by atoms with E-state index in [9.17, 15) is 4.39 Å². The van der Waals surface area contributed by atoms with E-state index < -0.39 is 0 Å². The van der Waals surface area contributed by atoms with Gasteiger partial charge >= 0.3 is 0 Å². The molecule has 0 saturated heterocycles. The van der Waals surface area contributed by atoms with E-state index in [1.54, 1.807) is 6.07 Å². The monoisotopic (exact) mass is 311 g/mol. The fourth-order valence-electron chi connectivity index (χ4n) is 3.26. The number of hydrogen-bond acceptors (Lipinski definition) is 1. The number of nitrogens with one attached hydrogen (secondary N) is 1. The van der Waals surface area contributed by atoms with E-state index in [4.69, 9.17) is 11.6 Å². The third-order valence-corrected chi connectivity index (χ3v) is 4.93. The third kappa shape index (κ3) is 4.69. The largest absolute Gasteiger partial charge is 0.312 e. The molecule has 0 radical (unpaired) electrons. The molecule has 1 aromatic rings. The Bertz CT molecular complexity index is 473. The summed E-state index contributed by atoms with van der Waals surface area (Å²) in [5.41, 5.74) is 1.27. The summed E-state index contributed by atoms with van der Waals surface area (Å²) in [6, 6.07) is 5.18. The smallest absolute Gasteiger partial charge is 0.142 e. The van der Waals surface area contributed by atoms with Crippen LogP contribution in [0.4, 0.5) is 4.39 Å². The highest BCUT2D eigenvalue weighted by molar-refractivity contribution is 6.31. The lowest BCUT2D eigenvalue weighted by Gasteiger charge is -2.40. The SMILES string of the molecule is CC(C)(C)NCC1(Cc2cccc(F)c2Cl)CCCCC1. The molecule has 0 aromatic heterocycles. The fourth-order valence-corrected chi connectivity index (χ4v) is 3.45. The van der Waals surface area contributed by atoms with Crippen LogP contribution in [0.5, 0.6) is 0 Å². The molecule has 1 fully saturated rings. The van der Waals surface area contributed by atoms with Gasteiger partial charge in [0.25, 0.3) is 0 Å². The summed E-state index contributed by atoms with van der Waals surface area (Å²) in [5, 5.41) is 3.95. The fraction of sp³-hybridized carbons (Fsp3) is 0.667. The van der Waals surface area contributed by atoms with Crippen LogP contribution in [-0.4, -0.2) is 12.1 Å². The summed E-state index contributed by atoms with van der Waals surface area (Å²) in [6.45, 7) is 7.55. The molecule has 1 N–H and O–H groups in total. The molecule has 118 valence electrons. The highest BCUT2D eigenvalue weighted by Gasteiger charge is 2.33. The van der Waals surface area contributed by atoms with Crippen molar-refractivity contribution in [3.63, 3.8) is 0 Å². The van der Waals surface area contributed by atoms with Crippen LogP contribution >= 0.6 is 11.6 Å². The zero-order valence-corrected chi connectivity index (χ0v) is 14.2. The second kappa shape index (κ2) is 6.66. The molecule has 0 bridgehead atoms. The van der Waals surface area contributed by atoms with Gasteiger partial charge in [-0.2, -0.15) is 0 Å². The molecule has 0 spiro atoms. The van der Waals surface area contributed by atoms with Gasteiger partial charge in [0.05, 0.1) is 5.02 Å². The highest BCUT2D eigenvalue weighted by Crippen LogP contribution is 2.40. The Morgan fingerprint density at radius 3 is 2.48 bits per heavy atom. The molecule has 1 aromatic carbocycles. The zero-order valence-electron chi connectivity index (χ0n) is 13.4. The van der Waals surface area contributed by atoms with Crippen molar-refractivity contribution in [2.75, 3.05) is 6.54 Å². The molecule has 21 heavy (non-hydrogen) atoms. The second-order valence-corrected chi connectivity index (χ2v) is 7.93. The molecule has 0 unspecified atom stereocenters. The maximum Gasteiger partial charge on any atom is 0.142 e. The summed E-state index contributed by atoms with van der Waals surface area (Å²) in [7, 11) is 0. The minimum absolute atomic E-state index is 0.107. The molecule has 0 aliphatic heterocycles. The Morgan fingerprint density at radius 2 is 1.86 bits per heavy atom. The van der Waals surface area contributed by atoms with E-state index >= 15 is 0 Å². The molecule has 0 atom stereocenters. The number of benzene rings is 1. The Labute approximate surface area is 133 Å². The minimum atomic E-state index is -0.302. The molecule has 1 saturated carbocycles. The van der Waals surface area contributed by atoms with Crippen LogP contribution in [-0.2, 0) is 6.42 Å². The van der Waals surface area contributed by atoms with Crippen molar-refractivity contribution in [2.24, 2.45) is 5.41 Å². The average Bonchev–Trinajstić information content (AvgIpc) is 2.42. The quantitative estimate of drug-likeness (QED) is 0.789. The van der Waals surface area contributed by atoms with Gasteiger partial charge in [0.2, 0.25) is 0 Å². The molecule has 0 amide bonds. The summed E-state index contributed by atoms with van der Waals surface area (Å²) in [6.07, 6.45) is 7.10. The summed E-state index contributed by atoms with van der Waals surface area (Å²) in [4.78, 5) is 0. The third-order valence-electron chi connectivity index (χ3n) is 4.50. The highest BCUT2D eigenvalue weighted by atomic mass is 35.5. The molecular weight excluding hydrogens is 285 g/mol. The van der Waals surface area contributed by atoms with E-state index in [2.05, 4.69) is 26.1 Å². The van der Waals surface area contributed by atoms with Crippen LogP contribution in [0.25, 0.3) is 0 Å². The first-order chi connectivity index (χ1) is 9.81. The first-order valence-electron chi connectivity index (χ1n) is 7.99. The van der Waals surface area contributed by atoms with Crippen molar-refractivity contribution in [1.29, 1.82) is 0 Å². The first kappa shape index (κ1) is 16.8. The average molecular weight is 312 g/mol. The van der Waals surface area contributed by atoms with Crippen LogP contribution in [0, 0.1) is 11.2 Å². The van der Waals surface area contributed by atoms with Gasteiger partial charge in [-0.25, -0.2) is 4.39 Å².